The van der Waals surface area contributed by atoms with Crippen molar-refractivity contribution in [1.82, 2.24) is 5.32 Å². The molecule has 88 valence electrons. The van der Waals surface area contributed by atoms with Gasteiger partial charge in [-0.25, -0.2) is 0 Å². The Balaban J connectivity index is 2.56. The van der Waals surface area contributed by atoms with Crippen molar-refractivity contribution in [3.05, 3.63) is 29.3 Å². The molecule has 0 spiro atoms. The number of anilines is 1. The van der Waals surface area contributed by atoms with Crippen LogP contribution in [0.5, 0.6) is 0 Å². The molecule has 0 aromatic heterocycles. The summed E-state index contributed by atoms with van der Waals surface area (Å²) >= 11 is 0. The second-order valence-electron chi connectivity index (χ2n) is 3.71. The van der Waals surface area contributed by atoms with Gasteiger partial charge in [0.25, 0.3) is 5.91 Å². The fourth-order valence-electron chi connectivity index (χ4n) is 1.43. The van der Waals surface area contributed by atoms with Crippen molar-refractivity contribution < 1.29 is 9.90 Å². The molecule has 0 saturated carbocycles. The monoisotopic (exact) mass is 222 g/mol. The third-order valence-electron chi connectivity index (χ3n) is 2.49. The number of nitrogens with one attached hydrogen (secondary N) is 1. The molecule has 0 unspecified atom stereocenters. The summed E-state index contributed by atoms with van der Waals surface area (Å²) in [6, 6.07) is 5.30. The van der Waals surface area contributed by atoms with E-state index in [1.807, 2.05) is 6.92 Å². The van der Waals surface area contributed by atoms with E-state index in [4.69, 9.17) is 10.8 Å². The van der Waals surface area contributed by atoms with E-state index in [2.05, 4.69) is 5.32 Å². The lowest BCUT2D eigenvalue weighted by Gasteiger charge is -2.08. The molecule has 4 nitrogen and oxygen atoms in total. The quantitative estimate of drug-likeness (QED) is 0.515. The van der Waals surface area contributed by atoms with Gasteiger partial charge in [0.15, 0.2) is 0 Å². The highest BCUT2D eigenvalue weighted by molar-refractivity contribution is 5.96. The summed E-state index contributed by atoms with van der Waals surface area (Å²) in [6.45, 7) is 2.57. The minimum atomic E-state index is -0.109. The smallest absolute Gasteiger partial charge is 0.251 e. The number of carbonyl (C=O) groups excluding carboxylic acids is 1. The highest BCUT2D eigenvalue weighted by Gasteiger charge is 2.09. The fourth-order valence-corrected chi connectivity index (χ4v) is 1.43. The summed E-state index contributed by atoms with van der Waals surface area (Å²) in [5.41, 5.74) is 7.77. The molecule has 0 radical (unpaired) electrons. The van der Waals surface area contributed by atoms with Gasteiger partial charge >= 0.3 is 0 Å². The van der Waals surface area contributed by atoms with Gasteiger partial charge in [-0.15, -0.1) is 0 Å². The SMILES string of the molecule is Cc1c(N)cccc1C(=O)NCCCCO. The van der Waals surface area contributed by atoms with Crippen LogP contribution in [0.1, 0.15) is 28.8 Å². The van der Waals surface area contributed by atoms with Crippen LogP contribution in [0.25, 0.3) is 0 Å². The number of amides is 1. The zero-order chi connectivity index (χ0) is 12.0. The zero-order valence-corrected chi connectivity index (χ0v) is 9.49. The molecule has 0 heterocycles. The molecule has 0 fully saturated rings. The Hall–Kier alpha value is -1.55. The van der Waals surface area contributed by atoms with Crippen LogP contribution in [0.4, 0.5) is 5.69 Å². The Bertz CT molecular complexity index is 364. The van der Waals surface area contributed by atoms with Gasteiger partial charge in [0.2, 0.25) is 0 Å². The average molecular weight is 222 g/mol. The van der Waals surface area contributed by atoms with Crippen molar-refractivity contribution in [3.63, 3.8) is 0 Å². The third-order valence-corrected chi connectivity index (χ3v) is 2.49. The lowest BCUT2D eigenvalue weighted by atomic mass is 10.1. The van der Waals surface area contributed by atoms with Crippen molar-refractivity contribution in [1.29, 1.82) is 0 Å². The fraction of sp³-hybridized carbons (Fsp3) is 0.417. The van der Waals surface area contributed by atoms with Gasteiger partial charge in [-0.3, -0.25) is 4.79 Å². The van der Waals surface area contributed by atoms with Crippen LogP contribution in [-0.4, -0.2) is 24.2 Å². The second kappa shape index (κ2) is 6.12. The average Bonchev–Trinajstić information content (AvgIpc) is 2.28. The number of aliphatic hydroxyl groups excluding tert-OH is 1. The Morgan fingerprint density at radius 1 is 1.44 bits per heavy atom. The first kappa shape index (κ1) is 12.5. The van der Waals surface area contributed by atoms with Crippen molar-refractivity contribution in [3.8, 4) is 0 Å². The first-order valence-electron chi connectivity index (χ1n) is 5.41. The normalized spacial score (nSPS) is 10.1. The molecule has 1 aromatic carbocycles. The minimum absolute atomic E-state index is 0.109. The highest BCUT2D eigenvalue weighted by atomic mass is 16.2. The van der Waals surface area contributed by atoms with E-state index < -0.39 is 0 Å². The largest absolute Gasteiger partial charge is 0.398 e. The summed E-state index contributed by atoms with van der Waals surface area (Å²) in [4.78, 5) is 11.8. The zero-order valence-electron chi connectivity index (χ0n) is 9.49. The number of benzene rings is 1. The Kier molecular flexibility index (Phi) is 4.79. The number of nitrogen functional groups attached to an aromatic ring is 1. The van der Waals surface area contributed by atoms with Crippen LogP contribution in [0, 0.1) is 6.92 Å². The summed E-state index contributed by atoms with van der Waals surface area (Å²) in [7, 11) is 0. The number of carbonyl (C=O) groups is 1. The van der Waals surface area contributed by atoms with E-state index in [-0.39, 0.29) is 12.5 Å². The van der Waals surface area contributed by atoms with E-state index in [0.29, 0.717) is 24.2 Å². The van der Waals surface area contributed by atoms with Gasteiger partial charge in [-0.1, -0.05) is 6.07 Å². The summed E-state index contributed by atoms with van der Waals surface area (Å²) in [5, 5.41) is 11.4. The molecule has 16 heavy (non-hydrogen) atoms. The van der Waals surface area contributed by atoms with E-state index >= 15 is 0 Å². The summed E-state index contributed by atoms with van der Waals surface area (Å²) in [5.74, 6) is -0.109. The first-order valence-corrected chi connectivity index (χ1v) is 5.41. The molecule has 1 amide bonds. The maximum atomic E-state index is 11.8. The Labute approximate surface area is 95.5 Å². The van der Waals surface area contributed by atoms with Crippen LogP contribution in [0.15, 0.2) is 18.2 Å². The molecule has 0 aliphatic rings. The lowest BCUT2D eigenvalue weighted by molar-refractivity contribution is 0.0951. The predicted octanol–water partition coefficient (Wildman–Crippen LogP) is 1.08. The van der Waals surface area contributed by atoms with Crippen LogP contribution < -0.4 is 11.1 Å². The predicted molar refractivity (Wildman–Crippen MR) is 64.2 cm³/mol. The molecule has 1 rings (SSSR count). The topological polar surface area (TPSA) is 75.4 Å². The second-order valence-corrected chi connectivity index (χ2v) is 3.71. The molecule has 0 atom stereocenters. The number of rotatable bonds is 5. The Morgan fingerprint density at radius 2 is 2.19 bits per heavy atom. The molecular formula is C12H18N2O2. The van der Waals surface area contributed by atoms with Gasteiger partial charge in [0, 0.05) is 24.4 Å². The molecule has 0 aliphatic carbocycles. The Morgan fingerprint density at radius 3 is 2.88 bits per heavy atom. The van der Waals surface area contributed by atoms with Crippen LogP contribution >= 0.6 is 0 Å². The van der Waals surface area contributed by atoms with Crippen LogP contribution in [0.3, 0.4) is 0 Å². The standard InChI is InChI=1S/C12H18N2O2/c1-9-10(5-4-6-11(9)13)12(16)14-7-2-3-8-15/h4-6,15H,2-3,7-8,13H2,1H3,(H,14,16). The number of hydrogen-bond donors (Lipinski definition) is 3. The van der Waals surface area contributed by atoms with Crippen LogP contribution in [0.2, 0.25) is 0 Å². The molecule has 4 heteroatoms. The van der Waals surface area contributed by atoms with Crippen molar-refractivity contribution in [2.75, 3.05) is 18.9 Å². The summed E-state index contributed by atoms with van der Waals surface area (Å²) < 4.78 is 0. The molecular weight excluding hydrogens is 204 g/mol. The van der Waals surface area contributed by atoms with Crippen molar-refractivity contribution in [2.24, 2.45) is 0 Å². The number of aliphatic hydroxyl groups is 1. The van der Waals surface area contributed by atoms with E-state index in [1.165, 1.54) is 0 Å². The summed E-state index contributed by atoms with van der Waals surface area (Å²) in [6.07, 6.45) is 1.49. The van der Waals surface area contributed by atoms with Crippen molar-refractivity contribution >= 4 is 11.6 Å². The van der Waals surface area contributed by atoms with Gasteiger partial charge in [-0.2, -0.15) is 0 Å². The van der Waals surface area contributed by atoms with Crippen molar-refractivity contribution in [2.45, 2.75) is 19.8 Å². The number of hydrogen-bond acceptors (Lipinski definition) is 3. The first-order chi connectivity index (χ1) is 7.66. The van der Waals surface area contributed by atoms with E-state index in [1.54, 1.807) is 18.2 Å². The third kappa shape index (κ3) is 3.24. The highest BCUT2D eigenvalue weighted by Crippen LogP contribution is 2.15. The van der Waals surface area contributed by atoms with E-state index in [9.17, 15) is 4.79 Å². The number of unbranched alkanes of at least 4 members (excludes halogenated alkanes) is 1. The molecule has 1 aromatic rings. The van der Waals surface area contributed by atoms with Crippen LogP contribution in [-0.2, 0) is 0 Å². The number of nitrogens with two attached hydrogens (primary N) is 1. The molecule has 0 bridgehead atoms. The van der Waals surface area contributed by atoms with Gasteiger partial charge < -0.3 is 16.2 Å². The molecule has 0 saturated heterocycles. The van der Waals surface area contributed by atoms with Gasteiger partial charge in [0.1, 0.15) is 0 Å². The maximum absolute atomic E-state index is 11.8. The lowest BCUT2D eigenvalue weighted by Crippen LogP contribution is -2.25. The van der Waals surface area contributed by atoms with Gasteiger partial charge in [0.05, 0.1) is 0 Å². The minimum Gasteiger partial charge on any atom is -0.398 e. The maximum Gasteiger partial charge on any atom is 0.251 e. The molecule has 0 aliphatic heterocycles. The molecule has 4 N–H and O–H groups in total. The van der Waals surface area contributed by atoms with E-state index in [0.717, 1.165) is 12.0 Å². The van der Waals surface area contributed by atoms with Gasteiger partial charge in [-0.05, 0) is 37.5 Å².